The Morgan fingerprint density at radius 3 is 2.24 bits per heavy atom. The fourth-order valence-electron chi connectivity index (χ4n) is 1.46. The molecular weight excluding hydrogens is 280 g/mol. The van der Waals surface area contributed by atoms with Gasteiger partial charge in [0.05, 0.1) is 5.56 Å². The topological polar surface area (TPSA) is 99.1 Å². The van der Waals surface area contributed by atoms with Crippen LogP contribution in [0.5, 0.6) is 5.75 Å². The Bertz CT molecular complexity index is 536. The Morgan fingerprint density at radius 1 is 1.00 bits per heavy atom. The maximum absolute atomic E-state index is 11.9. The van der Waals surface area contributed by atoms with Crippen LogP contribution in [0.1, 0.15) is 29.8 Å². The SMILES string of the molecule is CC(=O)OCCOC(=O)c1cc(O)ccc1COC(C)=O. The van der Waals surface area contributed by atoms with E-state index in [1.54, 1.807) is 0 Å². The van der Waals surface area contributed by atoms with Gasteiger partial charge in [-0.1, -0.05) is 6.07 Å². The molecule has 1 aromatic carbocycles. The van der Waals surface area contributed by atoms with Crippen molar-refractivity contribution in [1.82, 2.24) is 0 Å². The molecule has 0 saturated carbocycles. The van der Waals surface area contributed by atoms with Crippen molar-refractivity contribution >= 4 is 17.9 Å². The highest BCUT2D eigenvalue weighted by molar-refractivity contribution is 5.91. The molecule has 0 bridgehead atoms. The predicted octanol–water partition coefficient (Wildman–Crippen LogP) is 1.18. The number of aromatic hydroxyl groups is 1. The fraction of sp³-hybridized carbons (Fsp3) is 0.357. The number of benzene rings is 1. The number of phenolic OH excluding ortho intramolecular Hbond substituents is 1. The van der Waals surface area contributed by atoms with Crippen LogP contribution in [-0.2, 0) is 30.4 Å². The van der Waals surface area contributed by atoms with Crippen molar-refractivity contribution in [3.05, 3.63) is 29.3 Å². The summed E-state index contributed by atoms with van der Waals surface area (Å²) in [4.78, 5) is 33.3. The summed E-state index contributed by atoms with van der Waals surface area (Å²) in [7, 11) is 0. The standard InChI is InChI=1S/C14H16O7/c1-9(15)19-5-6-20-14(18)13-7-12(17)4-3-11(13)8-21-10(2)16/h3-4,7,17H,5-6,8H2,1-2H3. The molecule has 0 unspecified atom stereocenters. The number of hydrogen-bond donors (Lipinski definition) is 1. The van der Waals surface area contributed by atoms with E-state index in [2.05, 4.69) is 4.74 Å². The van der Waals surface area contributed by atoms with E-state index in [0.29, 0.717) is 5.56 Å². The molecule has 0 amide bonds. The first-order valence-corrected chi connectivity index (χ1v) is 6.16. The summed E-state index contributed by atoms with van der Waals surface area (Å²) in [6, 6.07) is 4.04. The average molecular weight is 296 g/mol. The van der Waals surface area contributed by atoms with Crippen molar-refractivity contribution in [1.29, 1.82) is 0 Å². The molecule has 1 N–H and O–H groups in total. The first kappa shape index (κ1) is 16.5. The van der Waals surface area contributed by atoms with Gasteiger partial charge >= 0.3 is 17.9 Å². The Hall–Kier alpha value is -2.57. The lowest BCUT2D eigenvalue weighted by Gasteiger charge is -2.10. The quantitative estimate of drug-likeness (QED) is 0.478. The van der Waals surface area contributed by atoms with Crippen LogP contribution < -0.4 is 0 Å². The summed E-state index contributed by atoms with van der Waals surface area (Å²) in [5.41, 5.74) is 0.486. The van der Waals surface area contributed by atoms with Gasteiger partial charge in [-0.2, -0.15) is 0 Å². The number of ether oxygens (including phenoxy) is 3. The largest absolute Gasteiger partial charge is 0.508 e. The zero-order valence-corrected chi connectivity index (χ0v) is 11.8. The van der Waals surface area contributed by atoms with Crippen molar-refractivity contribution in [2.45, 2.75) is 20.5 Å². The second-order valence-electron chi connectivity index (χ2n) is 4.10. The van der Waals surface area contributed by atoms with Gasteiger partial charge in [-0.25, -0.2) is 4.79 Å². The van der Waals surface area contributed by atoms with Gasteiger partial charge in [0, 0.05) is 19.4 Å². The van der Waals surface area contributed by atoms with Gasteiger partial charge in [0.1, 0.15) is 25.6 Å². The van der Waals surface area contributed by atoms with Crippen LogP contribution in [0.3, 0.4) is 0 Å². The number of esters is 3. The fourth-order valence-corrected chi connectivity index (χ4v) is 1.46. The third kappa shape index (κ3) is 5.94. The molecule has 0 aliphatic heterocycles. The number of hydrogen-bond acceptors (Lipinski definition) is 7. The minimum atomic E-state index is -0.708. The van der Waals surface area contributed by atoms with E-state index in [0.717, 1.165) is 0 Å². The van der Waals surface area contributed by atoms with Gasteiger partial charge in [-0.05, 0) is 12.1 Å². The van der Waals surface area contributed by atoms with Crippen LogP contribution in [0.25, 0.3) is 0 Å². The van der Waals surface area contributed by atoms with Crippen LogP contribution in [0.4, 0.5) is 0 Å². The van der Waals surface area contributed by atoms with Crippen molar-refractivity contribution in [3.8, 4) is 5.75 Å². The Kier molecular flexibility index (Phi) is 6.19. The minimum absolute atomic E-state index is 0.0564. The first-order valence-electron chi connectivity index (χ1n) is 6.16. The molecule has 1 aromatic rings. The normalized spacial score (nSPS) is 9.81. The monoisotopic (exact) mass is 296 g/mol. The van der Waals surface area contributed by atoms with Gasteiger partial charge in [-0.3, -0.25) is 9.59 Å². The minimum Gasteiger partial charge on any atom is -0.508 e. The molecule has 0 atom stereocenters. The van der Waals surface area contributed by atoms with E-state index in [1.807, 2.05) is 0 Å². The number of phenols is 1. The highest BCUT2D eigenvalue weighted by Crippen LogP contribution is 2.18. The molecule has 21 heavy (non-hydrogen) atoms. The highest BCUT2D eigenvalue weighted by atomic mass is 16.6. The maximum atomic E-state index is 11.9. The third-order valence-corrected chi connectivity index (χ3v) is 2.37. The molecule has 0 aliphatic rings. The smallest absolute Gasteiger partial charge is 0.338 e. The Balaban J connectivity index is 2.69. The summed E-state index contributed by atoms with van der Waals surface area (Å²) < 4.78 is 14.4. The molecule has 114 valence electrons. The number of carbonyl (C=O) groups is 3. The van der Waals surface area contributed by atoms with Crippen molar-refractivity contribution in [2.75, 3.05) is 13.2 Å². The first-order chi connectivity index (χ1) is 9.90. The summed E-state index contributed by atoms with van der Waals surface area (Å²) in [6.45, 7) is 2.22. The molecule has 7 heteroatoms. The van der Waals surface area contributed by atoms with E-state index in [1.165, 1.54) is 32.0 Å². The highest BCUT2D eigenvalue weighted by Gasteiger charge is 2.15. The van der Waals surface area contributed by atoms with Gasteiger partial charge in [-0.15, -0.1) is 0 Å². The van der Waals surface area contributed by atoms with Crippen LogP contribution >= 0.6 is 0 Å². The van der Waals surface area contributed by atoms with Crippen LogP contribution in [0.15, 0.2) is 18.2 Å². The zero-order valence-electron chi connectivity index (χ0n) is 11.8. The lowest BCUT2D eigenvalue weighted by Crippen LogP contribution is -2.14. The maximum Gasteiger partial charge on any atom is 0.338 e. The molecule has 1 rings (SSSR count). The lowest BCUT2D eigenvalue weighted by atomic mass is 10.1. The van der Waals surface area contributed by atoms with E-state index in [4.69, 9.17) is 9.47 Å². The number of carbonyl (C=O) groups excluding carboxylic acids is 3. The Morgan fingerprint density at radius 2 is 1.62 bits per heavy atom. The third-order valence-electron chi connectivity index (χ3n) is 2.37. The zero-order chi connectivity index (χ0) is 15.8. The molecule has 0 saturated heterocycles. The van der Waals surface area contributed by atoms with Crippen molar-refractivity contribution < 1.29 is 33.7 Å². The molecular formula is C14H16O7. The van der Waals surface area contributed by atoms with Gasteiger partial charge in [0.15, 0.2) is 0 Å². The summed E-state index contributed by atoms with van der Waals surface area (Å²) in [5, 5.41) is 9.42. The Labute approximate surface area is 121 Å². The summed E-state index contributed by atoms with van der Waals surface area (Å²) in [5.74, 6) is -1.79. The van der Waals surface area contributed by atoms with E-state index in [9.17, 15) is 19.5 Å². The molecule has 0 heterocycles. The second kappa shape index (κ2) is 7.88. The van der Waals surface area contributed by atoms with E-state index < -0.39 is 17.9 Å². The van der Waals surface area contributed by atoms with Crippen molar-refractivity contribution in [3.63, 3.8) is 0 Å². The second-order valence-corrected chi connectivity index (χ2v) is 4.10. The predicted molar refractivity (Wildman–Crippen MR) is 70.5 cm³/mol. The van der Waals surface area contributed by atoms with Gasteiger partial charge in [0.2, 0.25) is 0 Å². The summed E-state index contributed by atoms with van der Waals surface area (Å²) >= 11 is 0. The molecule has 0 fully saturated rings. The number of rotatable bonds is 6. The molecule has 0 radical (unpaired) electrons. The molecule has 0 aliphatic carbocycles. The average Bonchev–Trinajstić information content (AvgIpc) is 2.41. The molecule has 0 spiro atoms. The lowest BCUT2D eigenvalue weighted by molar-refractivity contribution is -0.142. The van der Waals surface area contributed by atoms with Crippen LogP contribution in [0.2, 0.25) is 0 Å². The van der Waals surface area contributed by atoms with Crippen molar-refractivity contribution in [2.24, 2.45) is 0 Å². The van der Waals surface area contributed by atoms with Gasteiger partial charge < -0.3 is 19.3 Å². The van der Waals surface area contributed by atoms with Crippen LogP contribution in [-0.4, -0.2) is 36.2 Å². The van der Waals surface area contributed by atoms with E-state index >= 15 is 0 Å². The van der Waals surface area contributed by atoms with Gasteiger partial charge in [0.25, 0.3) is 0 Å². The van der Waals surface area contributed by atoms with Crippen LogP contribution in [0, 0.1) is 0 Å². The molecule has 0 aromatic heterocycles. The molecule has 7 nitrogen and oxygen atoms in total. The summed E-state index contributed by atoms with van der Waals surface area (Å²) in [6.07, 6.45) is 0. The van der Waals surface area contributed by atoms with E-state index in [-0.39, 0.29) is 31.1 Å².